The maximum absolute atomic E-state index is 12.2. The van der Waals surface area contributed by atoms with Crippen molar-refractivity contribution in [1.82, 2.24) is 15.1 Å². The van der Waals surface area contributed by atoms with E-state index in [0.29, 0.717) is 12.6 Å². The van der Waals surface area contributed by atoms with Crippen molar-refractivity contribution < 1.29 is 4.74 Å². The summed E-state index contributed by atoms with van der Waals surface area (Å²) in [5.74, 6) is 0.843. The number of nitrogens with zero attached hydrogens (tertiary/aromatic N) is 2. The van der Waals surface area contributed by atoms with E-state index in [4.69, 9.17) is 4.74 Å². The molecule has 118 valence electrons. The largest absolute Gasteiger partial charge is 0.496 e. The highest BCUT2D eigenvalue weighted by Crippen LogP contribution is 2.24. The molecule has 0 fully saturated rings. The smallest absolute Gasteiger partial charge is 0.271 e. The molecule has 0 bridgehead atoms. The van der Waals surface area contributed by atoms with Crippen LogP contribution >= 0.6 is 0 Å². The topological polar surface area (TPSA) is 56.1 Å². The first-order valence-electron chi connectivity index (χ1n) is 7.38. The molecule has 0 spiro atoms. The molecule has 0 saturated carbocycles. The second kappa shape index (κ2) is 6.75. The van der Waals surface area contributed by atoms with Gasteiger partial charge in [-0.05, 0) is 36.8 Å². The number of hydrogen-bond acceptors (Lipinski definition) is 4. The summed E-state index contributed by atoms with van der Waals surface area (Å²) >= 11 is 0. The molecule has 0 radical (unpaired) electrons. The van der Waals surface area contributed by atoms with Gasteiger partial charge in [0.2, 0.25) is 0 Å². The van der Waals surface area contributed by atoms with E-state index in [2.05, 4.69) is 24.3 Å². The summed E-state index contributed by atoms with van der Waals surface area (Å²) in [7, 11) is 3.34. The monoisotopic (exact) mass is 301 g/mol. The molecule has 5 nitrogen and oxygen atoms in total. The van der Waals surface area contributed by atoms with Gasteiger partial charge in [0.05, 0.1) is 12.8 Å². The minimum atomic E-state index is -0.0675. The van der Waals surface area contributed by atoms with Gasteiger partial charge in [0.15, 0.2) is 0 Å². The van der Waals surface area contributed by atoms with E-state index < -0.39 is 0 Å². The molecule has 0 atom stereocenters. The Kier molecular flexibility index (Phi) is 4.98. The number of nitrogens with one attached hydrogen (secondary N) is 1. The molecular formula is C17H23N3O2. The zero-order valence-electron chi connectivity index (χ0n) is 13.8. The van der Waals surface area contributed by atoms with Gasteiger partial charge in [0.25, 0.3) is 5.56 Å². The minimum Gasteiger partial charge on any atom is -0.496 e. The third-order valence-electron chi connectivity index (χ3n) is 3.53. The lowest BCUT2D eigenvalue weighted by Crippen LogP contribution is -2.30. The summed E-state index contributed by atoms with van der Waals surface area (Å²) in [6, 6.07) is 8.08. The Balaban J connectivity index is 2.43. The lowest BCUT2D eigenvalue weighted by atomic mass is 10.1. The van der Waals surface area contributed by atoms with Crippen molar-refractivity contribution >= 4 is 0 Å². The van der Waals surface area contributed by atoms with Gasteiger partial charge in [0.1, 0.15) is 5.75 Å². The van der Waals surface area contributed by atoms with E-state index in [1.54, 1.807) is 14.2 Å². The van der Waals surface area contributed by atoms with E-state index >= 15 is 0 Å². The Morgan fingerprint density at radius 3 is 2.64 bits per heavy atom. The molecule has 5 heteroatoms. The predicted octanol–water partition coefficient (Wildman–Crippen LogP) is 2.26. The molecule has 0 saturated heterocycles. The number of hydrogen-bond donors (Lipinski definition) is 1. The Bertz CT molecular complexity index is 720. The van der Waals surface area contributed by atoms with Crippen LogP contribution < -0.4 is 15.6 Å². The van der Waals surface area contributed by atoms with Gasteiger partial charge >= 0.3 is 0 Å². The van der Waals surface area contributed by atoms with Crippen LogP contribution in [0, 0.1) is 6.92 Å². The van der Waals surface area contributed by atoms with Gasteiger partial charge in [-0.15, -0.1) is 0 Å². The van der Waals surface area contributed by atoms with Crippen LogP contribution in [0.5, 0.6) is 5.75 Å². The molecule has 0 amide bonds. The first-order chi connectivity index (χ1) is 10.4. The molecule has 1 N–H and O–H groups in total. The van der Waals surface area contributed by atoms with E-state index in [-0.39, 0.29) is 5.56 Å². The number of aromatic nitrogens is 2. The van der Waals surface area contributed by atoms with Crippen molar-refractivity contribution in [3.05, 3.63) is 45.7 Å². The van der Waals surface area contributed by atoms with Gasteiger partial charge < -0.3 is 10.1 Å². The highest BCUT2D eigenvalue weighted by Gasteiger charge is 2.10. The highest BCUT2D eigenvalue weighted by molar-refractivity contribution is 5.62. The maximum Gasteiger partial charge on any atom is 0.271 e. The molecule has 0 aliphatic rings. The number of benzene rings is 1. The van der Waals surface area contributed by atoms with Crippen LogP contribution in [0.3, 0.4) is 0 Å². The lowest BCUT2D eigenvalue weighted by molar-refractivity contribution is 0.412. The quantitative estimate of drug-likeness (QED) is 0.920. The third kappa shape index (κ3) is 3.54. The van der Waals surface area contributed by atoms with Gasteiger partial charge in [-0.1, -0.05) is 13.8 Å². The molecule has 22 heavy (non-hydrogen) atoms. The van der Waals surface area contributed by atoms with E-state index in [1.807, 2.05) is 31.2 Å². The number of methoxy groups -OCH3 is 1. The lowest BCUT2D eigenvalue weighted by Gasteiger charge is -2.11. The van der Waals surface area contributed by atoms with Crippen LogP contribution in [0.15, 0.2) is 29.1 Å². The van der Waals surface area contributed by atoms with Crippen LogP contribution in [0.25, 0.3) is 11.3 Å². The molecule has 0 aliphatic heterocycles. The van der Waals surface area contributed by atoms with Crippen molar-refractivity contribution in [1.29, 1.82) is 0 Å². The van der Waals surface area contributed by atoms with E-state index in [0.717, 1.165) is 28.1 Å². The summed E-state index contributed by atoms with van der Waals surface area (Å²) in [5, 5.41) is 7.64. The minimum absolute atomic E-state index is 0.0675. The Hall–Kier alpha value is -2.14. The average molecular weight is 301 g/mol. The number of aryl methyl sites for hydroxylation is 2. The SMILES string of the molecule is COc1ccc(-c2cc(CNC(C)C)c(=O)n(C)n2)cc1C. The molecule has 2 aromatic rings. The summed E-state index contributed by atoms with van der Waals surface area (Å²) in [6.45, 7) is 6.64. The first-order valence-corrected chi connectivity index (χ1v) is 7.38. The van der Waals surface area contributed by atoms with Gasteiger partial charge in [-0.2, -0.15) is 5.10 Å². The van der Waals surface area contributed by atoms with E-state index in [1.165, 1.54) is 4.68 Å². The van der Waals surface area contributed by atoms with Crippen molar-refractivity contribution in [2.75, 3.05) is 7.11 Å². The molecule has 1 aromatic heterocycles. The van der Waals surface area contributed by atoms with Crippen LogP contribution in [-0.4, -0.2) is 22.9 Å². The molecule has 1 heterocycles. The Morgan fingerprint density at radius 2 is 2.05 bits per heavy atom. The van der Waals surface area contributed by atoms with Crippen LogP contribution in [0.1, 0.15) is 25.0 Å². The zero-order chi connectivity index (χ0) is 16.3. The zero-order valence-corrected chi connectivity index (χ0v) is 13.8. The molecule has 2 rings (SSSR count). The second-order valence-electron chi connectivity index (χ2n) is 5.70. The van der Waals surface area contributed by atoms with Crippen LogP contribution in [-0.2, 0) is 13.6 Å². The normalized spacial score (nSPS) is 11.0. The van der Waals surface area contributed by atoms with Crippen molar-refractivity contribution in [3.8, 4) is 17.0 Å². The molecule has 0 unspecified atom stereocenters. The van der Waals surface area contributed by atoms with Crippen LogP contribution in [0.4, 0.5) is 0 Å². The fourth-order valence-electron chi connectivity index (χ4n) is 2.29. The second-order valence-corrected chi connectivity index (χ2v) is 5.70. The fraction of sp³-hybridized carbons (Fsp3) is 0.412. The van der Waals surface area contributed by atoms with Gasteiger partial charge in [0, 0.05) is 30.8 Å². The van der Waals surface area contributed by atoms with Gasteiger partial charge in [-0.3, -0.25) is 4.79 Å². The fourth-order valence-corrected chi connectivity index (χ4v) is 2.29. The van der Waals surface area contributed by atoms with E-state index in [9.17, 15) is 4.79 Å². The average Bonchev–Trinajstić information content (AvgIpc) is 2.48. The van der Waals surface area contributed by atoms with Crippen molar-refractivity contribution in [2.24, 2.45) is 7.05 Å². The number of ether oxygens (including phenoxy) is 1. The summed E-state index contributed by atoms with van der Waals surface area (Å²) in [5.41, 5.74) is 3.45. The number of rotatable bonds is 5. The summed E-state index contributed by atoms with van der Waals surface area (Å²) in [6.07, 6.45) is 0. The predicted molar refractivity (Wildman–Crippen MR) is 88.2 cm³/mol. The first kappa shape index (κ1) is 16.2. The third-order valence-corrected chi connectivity index (χ3v) is 3.53. The highest BCUT2D eigenvalue weighted by atomic mass is 16.5. The molecule has 1 aromatic carbocycles. The molecular weight excluding hydrogens is 278 g/mol. The van der Waals surface area contributed by atoms with Crippen LogP contribution in [0.2, 0.25) is 0 Å². The van der Waals surface area contributed by atoms with Gasteiger partial charge in [-0.25, -0.2) is 4.68 Å². The Labute approximate surface area is 130 Å². The Morgan fingerprint density at radius 1 is 1.32 bits per heavy atom. The standard InChI is InChI=1S/C17H23N3O2/c1-11(2)18-10-14-9-15(19-20(4)17(14)21)13-6-7-16(22-5)12(3)8-13/h6-9,11,18H,10H2,1-5H3. The van der Waals surface area contributed by atoms with Crippen molar-refractivity contribution in [2.45, 2.75) is 33.4 Å². The maximum atomic E-state index is 12.2. The molecule has 0 aliphatic carbocycles. The van der Waals surface area contributed by atoms with Crippen molar-refractivity contribution in [3.63, 3.8) is 0 Å². The summed E-state index contributed by atoms with van der Waals surface area (Å²) < 4.78 is 6.68. The summed E-state index contributed by atoms with van der Waals surface area (Å²) in [4.78, 5) is 12.2.